The van der Waals surface area contributed by atoms with E-state index in [1.165, 1.54) is 12.2 Å². The fourth-order valence-electron chi connectivity index (χ4n) is 2.36. The van der Waals surface area contributed by atoms with Gasteiger partial charge < -0.3 is 5.11 Å². The lowest BCUT2D eigenvalue weighted by molar-refractivity contribution is -0.252. The molecule has 1 amide bonds. The molecule has 2 aromatic heterocycles. The number of hydrogen-bond donors (Lipinski definition) is 2. The van der Waals surface area contributed by atoms with Crippen molar-refractivity contribution in [3.63, 3.8) is 0 Å². The summed E-state index contributed by atoms with van der Waals surface area (Å²) < 4.78 is 78.1. The lowest BCUT2D eigenvalue weighted by Gasteiger charge is -2.25. The number of aromatic nitrogens is 3. The van der Waals surface area contributed by atoms with Gasteiger partial charge in [-0.15, -0.1) is 0 Å². The molecule has 2 N–H and O–H groups in total. The molecule has 0 fully saturated rings. The fraction of sp³-hybridized carbons (Fsp3) is 0.312. The third-order valence-electron chi connectivity index (χ3n) is 3.95. The second-order valence-corrected chi connectivity index (χ2v) is 6.26. The summed E-state index contributed by atoms with van der Waals surface area (Å²) >= 11 is 0. The summed E-state index contributed by atoms with van der Waals surface area (Å²) in [5, 5.41) is 11.5. The molecule has 0 saturated heterocycles. The number of amides is 1. The topological polar surface area (TPSA) is 80.0 Å². The van der Waals surface area contributed by atoms with E-state index in [2.05, 4.69) is 15.3 Å². The van der Waals surface area contributed by atoms with Crippen LogP contribution < -0.4 is 5.32 Å². The van der Waals surface area contributed by atoms with Crippen molar-refractivity contribution in [3.8, 4) is 0 Å². The molecule has 2 aromatic rings. The van der Waals surface area contributed by atoms with Crippen molar-refractivity contribution in [1.29, 1.82) is 0 Å². The van der Waals surface area contributed by atoms with E-state index in [4.69, 9.17) is 0 Å². The van der Waals surface area contributed by atoms with Crippen LogP contribution in [0.2, 0.25) is 0 Å². The molecule has 1 atom stereocenters. The van der Waals surface area contributed by atoms with E-state index in [1.807, 2.05) is 0 Å². The standard InChI is InChI=1S/C16H12F6N4O2/c1-14(28,16(20,21)22)7-11(27)25-13-23-9-5-6-10(15(17,18)19)24-12(9)26(13)8-3-2-4-8/h2-6,28H,7H2,1H3,(H,23,25,27). The van der Waals surface area contributed by atoms with Gasteiger partial charge in [-0.1, -0.05) is 6.08 Å². The molecule has 28 heavy (non-hydrogen) atoms. The Bertz CT molecular complexity index is 1000. The number of carbonyl (C=O) groups excluding carboxylic acids is 1. The highest BCUT2D eigenvalue weighted by Gasteiger charge is 2.51. The number of nitrogens with zero attached hydrogens (tertiary/aromatic N) is 3. The number of rotatable bonds is 4. The van der Waals surface area contributed by atoms with Crippen LogP contribution in [0, 0.1) is 0 Å². The minimum Gasteiger partial charge on any atom is -0.380 e. The van der Waals surface area contributed by atoms with Gasteiger partial charge >= 0.3 is 12.4 Å². The number of hydrogen-bond acceptors (Lipinski definition) is 4. The van der Waals surface area contributed by atoms with E-state index in [1.54, 1.807) is 6.08 Å². The zero-order valence-corrected chi connectivity index (χ0v) is 14.1. The van der Waals surface area contributed by atoms with Gasteiger partial charge in [0.1, 0.15) is 11.2 Å². The number of fused-ring (bicyclic) bond motifs is 1. The predicted molar refractivity (Wildman–Crippen MR) is 85.9 cm³/mol. The van der Waals surface area contributed by atoms with Crippen molar-refractivity contribution in [1.82, 2.24) is 14.5 Å². The molecule has 1 aliphatic carbocycles. The van der Waals surface area contributed by atoms with Crippen molar-refractivity contribution < 1.29 is 36.2 Å². The molecular weight excluding hydrogens is 394 g/mol. The fourth-order valence-corrected chi connectivity index (χ4v) is 2.36. The summed E-state index contributed by atoms with van der Waals surface area (Å²) in [4.78, 5) is 19.4. The van der Waals surface area contributed by atoms with Gasteiger partial charge in [-0.25, -0.2) is 9.97 Å². The number of carbonyl (C=O) groups is 1. The average molecular weight is 406 g/mol. The van der Waals surface area contributed by atoms with Crippen LogP contribution in [0.5, 0.6) is 0 Å². The number of alkyl halides is 6. The molecular formula is C16H12F6N4O2. The van der Waals surface area contributed by atoms with E-state index < -0.39 is 36.0 Å². The second kappa shape index (κ2) is 6.33. The Morgan fingerprint density at radius 1 is 1.18 bits per heavy atom. The van der Waals surface area contributed by atoms with E-state index in [0.29, 0.717) is 18.7 Å². The van der Waals surface area contributed by atoms with Crippen LogP contribution in [0.15, 0.2) is 30.4 Å². The van der Waals surface area contributed by atoms with Crippen LogP contribution in [0.25, 0.3) is 16.9 Å². The SMILES string of the molecule is CC(O)(CC(=O)Nc1nc2ccc(C(F)(F)F)nc2n1C1=CC=C1)C(F)(F)F. The van der Waals surface area contributed by atoms with Gasteiger partial charge in [0.15, 0.2) is 11.2 Å². The lowest BCUT2D eigenvalue weighted by atomic mass is 10.0. The Labute approximate surface area is 153 Å². The number of nitrogens with one attached hydrogen (secondary N) is 1. The highest BCUT2D eigenvalue weighted by Crippen LogP contribution is 2.34. The number of allylic oxidation sites excluding steroid dienone is 4. The summed E-state index contributed by atoms with van der Waals surface area (Å²) in [5.74, 6) is -1.54. The Morgan fingerprint density at radius 3 is 2.32 bits per heavy atom. The zero-order valence-electron chi connectivity index (χ0n) is 14.1. The molecule has 3 rings (SSSR count). The van der Waals surface area contributed by atoms with Gasteiger partial charge in [0, 0.05) is 0 Å². The quantitative estimate of drug-likeness (QED) is 0.762. The van der Waals surface area contributed by atoms with Crippen LogP contribution in [0.3, 0.4) is 0 Å². The van der Waals surface area contributed by atoms with Gasteiger partial charge in [-0.2, -0.15) is 26.3 Å². The first-order valence-electron chi connectivity index (χ1n) is 7.74. The number of anilines is 1. The van der Waals surface area contributed by atoms with Crippen molar-refractivity contribution in [2.45, 2.75) is 31.3 Å². The number of halogens is 6. The molecule has 1 aliphatic rings. The Kier molecular flexibility index (Phi) is 4.49. The maximum Gasteiger partial charge on any atom is 0.433 e. The number of imidazole rings is 1. The summed E-state index contributed by atoms with van der Waals surface area (Å²) in [7, 11) is 0. The summed E-state index contributed by atoms with van der Waals surface area (Å²) in [6.07, 6.45) is -6.55. The van der Waals surface area contributed by atoms with E-state index in [9.17, 15) is 36.2 Å². The molecule has 0 spiro atoms. The summed E-state index contributed by atoms with van der Waals surface area (Å²) in [5.41, 5.74) is -4.39. The van der Waals surface area contributed by atoms with Crippen LogP contribution in [-0.4, -0.2) is 37.3 Å². The number of pyridine rings is 1. The Balaban J connectivity index is 1.98. The average Bonchev–Trinajstić information content (AvgIpc) is 2.80. The highest BCUT2D eigenvalue weighted by molar-refractivity contribution is 5.94. The number of aliphatic hydroxyl groups is 1. The smallest absolute Gasteiger partial charge is 0.380 e. The van der Waals surface area contributed by atoms with Crippen molar-refractivity contribution in [3.05, 3.63) is 36.1 Å². The first kappa shape index (κ1) is 19.9. The van der Waals surface area contributed by atoms with Crippen LogP contribution in [0.4, 0.5) is 32.3 Å². The third kappa shape index (κ3) is 3.59. The summed E-state index contributed by atoms with van der Waals surface area (Å²) in [6, 6.07) is 1.73. The maximum atomic E-state index is 12.9. The lowest BCUT2D eigenvalue weighted by Crippen LogP contribution is -2.45. The minimum atomic E-state index is -5.05. The van der Waals surface area contributed by atoms with Gasteiger partial charge in [-0.3, -0.25) is 14.7 Å². The Hall–Kier alpha value is -2.89. The maximum absolute atomic E-state index is 12.9. The van der Waals surface area contributed by atoms with Crippen molar-refractivity contribution in [2.24, 2.45) is 0 Å². The first-order chi connectivity index (χ1) is 12.8. The van der Waals surface area contributed by atoms with E-state index in [0.717, 1.165) is 10.6 Å². The minimum absolute atomic E-state index is 0.00733. The van der Waals surface area contributed by atoms with Crippen LogP contribution >= 0.6 is 0 Å². The molecule has 150 valence electrons. The normalized spacial score (nSPS) is 16.5. The molecule has 12 heteroatoms. The largest absolute Gasteiger partial charge is 0.433 e. The van der Waals surface area contributed by atoms with E-state index >= 15 is 0 Å². The monoisotopic (exact) mass is 406 g/mol. The van der Waals surface area contributed by atoms with Crippen molar-refractivity contribution in [2.75, 3.05) is 5.32 Å². The first-order valence-corrected chi connectivity index (χ1v) is 7.74. The third-order valence-corrected chi connectivity index (χ3v) is 3.95. The molecule has 0 aromatic carbocycles. The van der Waals surface area contributed by atoms with Crippen LogP contribution in [0.1, 0.15) is 19.0 Å². The zero-order chi connectivity index (χ0) is 20.9. The van der Waals surface area contributed by atoms with Gasteiger partial charge in [0.05, 0.1) is 12.1 Å². The molecule has 0 bridgehead atoms. The van der Waals surface area contributed by atoms with Gasteiger partial charge in [0.25, 0.3) is 0 Å². The van der Waals surface area contributed by atoms with Crippen molar-refractivity contribution >= 4 is 28.7 Å². The van der Waals surface area contributed by atoms with Crippen LogP contribution in [-0.2, 0) is 11.0 Å². The molecule has 2 heterocycles. The molecule has 1 unspecified atom stereocenters. The summed E-state index contributed by atoms with van der Waals surface area (Å²) in [6.45, 7) is 0.434. The molecule has 6 nitrogen and oxygen atoms in total. The predicted octanol–water partition coefficient (Wildman–Crippen LogP) is 3.50. The van der Waals surface area contributed by atoms with E-state index in [-0.39, 0.29) is 17.1 Å². The molecule has 0 radical (unpaired) electrons. The molecule has 0 aliphatic heterocycles. The highest BCUT2D eigenvalue weighted by atomic mass is 19.4. The van der Waals surface area contributed by atoms with Gasteiger partial charge in [0.2, 0.25) is 11.9 Å². The second-order valence-electron chi connectivity index (χ2n) is 6.26. The van der Waals surface area contributed by atoms with Gasteiger partial charge in [-0.05, 0) is 31.2 Å². The Morgan fingerprint density at radius 2 is 1.82 bits per heavy atom. The molecule has 0 saturated carbocycles.